The predicted octanol–water partition coefficient (Wildman–Crippen LogP) is 2.27. The van der Waals surface area contributed by atoms with Gasteiger partial charge in [0.2, 0.25) is 5.91 Å². The molecule has 2 N–H and O–H groups in total. The monoisotopic (exact) mass is 318 g/mol. The van der Waals surface area contributed by atoms with Crippen LogP contribution in [0.2, 0.25) is 0 Å². The van der Waals surface area contributed by atoms with E-state index in [1.165, 1.54) is 6.07 Å². The zero-order chi connectivity index (χ0) is 16.8. The average molecular weight is 318 g/mol. The number of rotatable bonds is 7. The van der Waals surface area contributed by atoms with Crippen molar-refractivity contribution in [1.29, 1.82) is 0 Å². The molecule has 122 valence electrons. The summed E-state index contributed by atoms with van der Waals surface area (Å²) >= 11 is 0. The van der Waals surface area contributed by atoms with Crippen LogP contribution < -0.4 is 10.1 Å². The van der Waals surface area contributed by atoms with Crippen LogP contribution in [0.5, 0.6) is 5.75 Å². The van der Waals surface area contributed by atoms with Crippen molar-refractivity contribution in [1.82, 2.24) is 15.5 Å². The molecule has 1 aromatic carbocycles. The number of nitrogens with zero attached hydrogens (tertiary/aromatic N) is 2. The van der Waals surface area contributed by atoms with Gasteiger partial charge < -0.3 is 10.1 Å². The van der Waals surface area contributed by atoms with E-state index in [-0.39, 0.29) is 36.4 Å². The number of aromatic nitrogens is 2. The Labute approximate surface area is 133 Å². The van der Waals surface area contributed by atoms with Crippen molar-refractivity contribution < 1.29 is 14.5 Å². The molecule has 1 aromatic heterocycles. The Morgan fingerprint density at radius 1 is 1.52 bits per heavy atom. The second kappa shape index (κ2) is 7.39. The largest absolute Gasteiger partial charge is 0.486 e. The predicted molar refractivity (Wildman–Crippen MR) is 83.1 cm³/mol. The highest BCUT2D eigenvalue weighted by Crippen LogP contribution is 2.27. The number of aryl methyl sites for hydroxylation is 1. The Hall–Kier alpha value is -2.90. The van der Waals surface area contributed by atoms with Crippen LogP contribution in [-0.2, 0) is 4.79 Å². The summed E-state index contributed by atoms with van der Waals surface area (Å²) in [4.78, 5) is 22.3. The van der Waals surface area contributed by atoms with Crippen LogP contribution >= 0.6 is 0 Å². The number of carbonyl (C=O) groups excluding carboxylic acids is 1. The summed E-state index contributed by atoms with van der Waals surface area (Å²) in [5, 5.41) is 20.3. The molecule has 0 aliphatic rings. The smallest absolute Gasteiger partial charge is 0.310 e. The first kappa shape index (κ1) is 16.5. The highest BCUT2D eigenvalue weighted by atomic mass is 16.6. The fraction of sp³-hybridized carbons (Fsp3) is 0.333. The van der Waals surface area contributed by atoms with Gasteiger partial charge in [0.15, 0.2) is 5.75 Å². The van der Waals surface area contributed by atoms with Crippen LogP contribution in [0.1, 0.15) is 30.5 Å². The van der Waals surface area contributed by atoms with Crippen molar-refractivity contribution in [2.24, 2.45) is 0 Å². The number of hydrogen-bond acceptors (Lipinski definition) is 5. The van der Waals surface area contributed by atoms with Gasteiger partial charge in [-0.1, -0.05) is 6.07 Å². The molecular weight excluding hydrogens is 300 g/mol. The molecule has 1 unspecified atom stereocenters. The maximum Gasteiger partial charge on any atom is 0.310 e. The van der Waals surface area contributed by atoms with E-state index in [2.05, 4.69) is 15.5 Å². The Kier molecular flexibility index (Phi) is 5.29. The Morgan fingerprint density at radius 2 is 2.30 bits per heavy atom. The van der Waals surface area contributed by atoms with E-state index in [0.29, 0.717) is 0 Å². The molecule has 1 heterocycles. The summed E-state index contributed by atoms with van der Waals surface area (Å²) in [6.07, 6.45) is 3.45. The number of nitrogens with one attached hydrogen (secondary N) is 2. The van der Waals surface area contributed by atoms with Gasteiger partial charge in [0, 0.05) is 17.8 Å². The average Bonchev–Trinajstić information content (AvgIpc) is 3.01. The summed E-state index contributed by atoms with van der Waals surface area (Å²) in [5.41, 5.74) is 1.61. The van der Waals surface area contributed by atoms with Gasteiger partial charge in [0.25, 0.3) is 0 Å². The summed E-state index contributed by atoms with van der Waals surface area (Å²) in [6, 6.07) is 4.45. The van der Waals surface area contributed by atoms with Gasteiger partial charge in [-0.15, -0.1) is 0 Å². The number of nitro benzene ring substituents is 1. The molecule has 0 saturated heterocycles. The lowest BCUT2D eigenvalue weighted by Crippen LogP contribution is -2.27. The summed E-state index contributed by atoms with van der Waals surface area (Å²) in [6.45, 7) is 3.72. The van der Waals surface area contributed by atoms with E-state index in [1.807, 2.05) is 13.8 Å². The number of nitro groups is 1. The first-order valence-electron chi connectivity index (χ1n) is 7.13. The highest BCUT2D eigenvalue weighted by Gasteiger charge is 2.16. The molecule has 0 radical (unpaired) electrons. The topological polar surface area (TPSA) is 110 Å². The van der Waals surface area contributed by atoms with Crippen LogP contribution in [0.25, 0.3) is 0 Å². The third kappa shape index (κ3) is 4.53. The maximum atomic E-state index is 11.9. The summed E-state index contributed by atoms with van der Waals surface area (Å²) < 4.78 is 5.40. The van der Waals surface area contributed by atoms with E-state index in [0.717, 1.165) is 11.1 Å². The minimum Gasteiger partial charge on any atom is -0.486 e. The maximum absolute atomic E-state index is 11.9. The number of amides is 1. The van der Waals surface area contributed by atoms with Gasteiger partial charge in [-0.25, -0.2) is 0 Å². The minimum absolute atomic E-state index is 0.0637. The molecule has 8 heteroatoms. The highest BCUT2D eigenvalue weighted by molar-refractivity contribution is 5.76. The van der Waals surface area contributed by atoms with E-state index in [4.69, 9.17) is 4.74 Å². The summed E-state index contributed by atoms with van der Waals surface area (Å²) in [7, 11) is 0. The molecule has 1 atom stereocenters. The number of H-pyrrole nitrogens is 1. The molecule has 0 bridgehead atoms. The number of carbonyl (C=O) groups is 1. The minimum atomic E-state index is -0.504. The molecule has 2 rings (SSSR count). The van der Waals surface area contributed by atoms with Crippen molar-refractivity contribution in [2.75, 3.05) is 6.61 Å². The number of hydrogen-bond donors (Lipinski definition) is 2. The normalized spacial score (nSPS) is 11.7. The number of ether oxygens (including phenoxy) is 1. The standard InChI is InChI=1S/C15H18N4O4/c1-10-3-4-13(19(21)22)14(7-10)23-6-5-15(20)18-11(2)12-8-16-17-9-12/h3-4,7-9,11H,5-6H2,1-2H3,(H,16,17)(H,18,20). The second-order valence-corrected chi connectivity index (χ2v) is 5.15. The second-order valence-electron chi connectivity index (χ2n) is 5.15. The molecule has 23 heavy (non-hydrogen) atoms. The van der Waals surface area contributed by atoms with E-state index >= 15 is 0 Å². The third-order valence-corrected chi connectivity index (χ3v) is 3.30. The Balaban J connectivity index is 1.86. The van der Waals surface area contributed by atoms with Crippen LogP contribution in [-0.4, -0.2) is 27.6 Å². The van der Waals surface area contributed by atoms with E-state index in [1.54, 1.807) is 24.5 Å². The van der Waals surface area contributed by atoms with Crippen molar-refractivity contribution in [3.05, 3.63) is 51.8 Å². The number of aromatic amines is 1. The zero-order valence-electron chi connectivity index (χ0n) is 12.9. The van der Waals surface area contributed by atoms with Crippen molar-refractivity contribution in [3.63, 3.8) is 0 Å². The molecule has 2 aromatic rings. The lowest BCUT2D eigenvalue weighted by Gasteiger charge is -2.12. The molecule has 0 aliphatic carbocycles. The van der Waals surface area contributed by atoms with Gasteiger partial charge in [0.1, 0.15) is 0 Å². The third-order valence-electron chi connectivity index (χ3n) is 3.30. The van der Waals surface area contributed by atoms with Gasteiger partial charge in [-0.3, -0.25) is 20.0 Å². The van der Waals surface area contributed by atoms with Crippen molar-refractivity contribution >= 4 is 11.6 Å². The van der Waals surface area contributed by atoms with Crippen LogP contribution in [0.3, 0.4) is 0 Å². The lowest BCUT2D eigenvalue weighted by molar-refractivity contribution is -0.385. The van der Waals surface area contributed by atoms with Gasteiger partial charge in [-0.05, 0) is 25.5 Å². The Bertz CT molecular complexity index is 685. The van der Waals surface area contributed by atoms with Gasteiger partial charge in [-0.2, -0.15) is 5.10 Å². The fourth-order valence-corrected chi connectivity index (χ4v) is 2.04. The SMILES string of the molecule is Cc1ccc([N+](=O)[O-])c(OCCC(=O)NC(C)c2cn[nH]c2)c1. The van der Waals surface area contributed by atoms with Crippen molar-refractivity contribution in [3.8, 4) is 5.75 Å². The first-order valence-corrected chi connectivity index (χ1v) is 7.13. The summed E-state index contributed by atoms with van der Waals surface area (Å²) in [5.74, 6) is -0.0281. The van der Waals surface area contributed by atoms with Gasteiger partial charge >= 0.3 is 5.69 Å². The van der Waals surface area contributed by atoms with Gasteiger partial charge in [0.05, 0.1) is 30.2 Å². The molecule has 8 nitrogen and oxygen atoms in total. The molecule has 0 aliphatic heterocycles. The molecule has 0 saturated carbocycles. The molecular formula is C15H18N4O4. The van der Waals surface area contributed by atoms with Crippen LogP contribution in [0.4, 0.5) is 5.69 Å². The molecule has 0 spiro atoms. The quantitative estimate of drug-likeness (QED) is 0.601. The fourth-order valence-electron chi connectivity index (χ4n) is 2.04. The lowest BCUT2D eigenvalue weighted by atomic mass is 10.2. The van der Waals surface area contributed by atoms with E-state index in [9.17, 15) is 14.9 Å². The van der Waals surface area contributed by atoms with Crippen LogP contribution in [0, 0.1) is 17.0 Å². The van der Waals surface area contributed by atoms with Crippen molar-refractivity contribution in [2.45, 2.75) is 26.3 Å². The molecule has 1 amide bonds. The molecule has 0 fully saturated rings. The number of benzene rings is 1. The first-order chi connectivity index (χ1) is 11.0. The van der Waals surface area contributed by atoms with E-state index < -0.39 is 4.92 Å². The van der Waals surface area contributed by atoms with Crippen LogP contribution in [0.15, 0.2) is 30.6 Å². The Morgan fingerprint density at radius 3 is 2.96 bits per heavy atom. The zero-order valence-corrected chi connectivity index (χ0v) is 12.9.